The predicted molar refractivity (Wildman–Crippen MR) is 80.2 cm³/mol. The summed E-state index contributed by atoms with van der Waals surface area (Å²) >= 11 is 0. The van der Waals surface area contributed by atoms with Crippen molar-refractivity contribution in [2.45, 2.75) is 83.7 Å². The fourth-order valence-corrected chi connectivity index (χ4v) is 8.93. The number of hydrogen-bond donors (Lipinski definition) is 0. The Kier molecular flexibility index (Phi) is 4.56. The van der Waals surface area contributed by atoms with Gasteiger partial charge in [-0.3, -0.25) is 0 Å². The molecule has 0 N–H and O–H groups in total. The van der Waals surface area contributed by atoms with Crippen molar-refractivity contribution >= 4 is 7.92 Å². The van der Waals surface area contributed by atoms with Gasteiger partial charge in [-0.15, -0.1) is 0 Å². The summed E-state index contributed by atoms with van der Waals surface area (Å²) in [4.78, 5) is 0. The van der Waals surface area contributed by atoms with E-state index >= 15 is 0 Å². The molecule has 2 fully saturated rings. The van der Waals surface area contributed by atoms with Crippen molar-refractivity contribution in [1.29, 1.82) is 0 Å². The number of rotatable bonds is 3. The molecule has 0 radical (unpaired) electrons. The van der Waals surface area contributed by atoms with E-state index in [0.717, 1.165) is 34.7 Å². The van der Waals surface area contributed by atoms with Crippen LogP contribution >= 0.6 is 7.92 Å². The Hall–Kier alpha value is 0.430. The fourth-order valence-electron chi connectivity index (χ4n) is 4.82. The van der Waals surface area contributed by atoms with Crippen molar-refractivity contribution in [3.8, 4) is 0 Å². The average Bonchev–Trinajstić information content (AvgIpc) is 2.55. The van der Waals surface area contributed by atoms with Crippen molar-refractivity contribution in [3.63, 3.8) is 0 Å². The molecule has 2 saturated carbocycles. The Morgan fingerprint density at radius 2 is 1.53 bits per heavy atom. The summed E-state index contributed by atoms with van der Waals surface area (Å²) in [5.41, 5.74) is 2.95. The van der Waals surface area contributed by atoms with E-state index in [0.29, 0.717) is 0 Å². The first-order valence-corrected chi connectivity index (χ1v) is 9.34. The molecule has 2 rings (SSSR count). The van der Waals surface area contributed by atoms with E-state index < -0.39 is 0 Å². The third-order valence-electron chi connectivity index (χ3n) is 5.20. The van der Waals surface area contributed by atoms with Gasteiger partial charge < -0.3 is 0 Å². The summed E-state index contributed by atoms with van der Waals surface area (Å²) in [5.74, 6) is 3.22. The van der Waals surface area contributed by atoms with Gasteiger partial charge in [-0.2, -0.15) is 0 Å². The standard InChI is InChI=1S/C16H31P/c1-11(2)17(12(3)4)16-13(5)10-14-8-6-7-9-15(14)16/h11-16H,6-10H2,1-5H3. The Morgan fingerprint density at radius 1 is 0.941 bits per heavy atom. The van der Waals surface area contributed by atoms with Crippen LogP contribution in [0.1, 0.15) is 66.7 Å². The molecule has 4 unspecified atom stereocenters. The summed E-state index contributed by atoms with van der Waals surface area (Å²) in [5, 5.41) is 0. The van der Waals surface area contributed by atoms with Gasteiger partial charge in [-0.1, -0.05) is 61.8 Å². The normalized spacial score (nSPS) is 38.1. The van der Waals surface area contributed by atoms with Crippen LogP contribution in [0.25, 0.3) is 0 Å². The van der Waals surface area contributed by atoms with Crippen LogP contribution in [0.2, 0.25) is 0 Å². The van der Waals surface area contributed by atoms with E-state index in [-0.39, 0.29) is 7.92 Å². The molecule has 2 aliphatic carbocycles. The van der Waals surface area contributed by atoms with Crippen molar-refractivity contribution in [2.75, 3.05) is 0 Å². The van der Waals surface area contributed by atoms with Gasteiger partial charge in [0.2, 0.25) is 0 Å². The Bertz CT molecular complexity index is 238. The van der Waals surface area contributed by atoms with Crippen molar-refractivity contribution in [2.24, 2.45) is 17.8 Å². The average molecular weight is 254 g/mol. The van der Waals surface area contributed by atoms with E-state index in [1.54, 1.807) is 19.3 Å². The van der Waals surface area contributed by atoms with E-state index in [1.165, 1.54) is 12.8 Å². The molecule has 0 spiro atoms. The summed E-state index contributed by atoms with van der Waals surface area (Å²) in [7, 11) is 0.237. The van der Waals surface area contributed by atoms with Crippen LogP contribution in [0.5, 0.6) is 0 Å². The molecule has 0 aliphatic heterocycles. The first-order valence-electron chi connectivity index (χ1n) is 7.79. The molecule has 17 heavy (non-hydrogen) atoms. The molecule has 4 atom stereocenters. The lowest BCUT2D eigenvalue weighted by Crippen LogP contribution is -2.28. The van der Waals surface area contributed by atoms with Crippen LogP contribution in [0.4, 0.5) is 0 Å². The molecule has 1 heteroatoms. The summed E-state index contributed by atoms with van der Waals surface area (Å²) in [6.07, 6.45) is 7.68. The molecule has 0 nitrogen and oxygen atoms in total. The number of fused-ring (bicyclic) bond motifs is 1. The van der Waals surface area contributed by atoms with Gasteiger partial charge in [0, 0.05) is 0 Å². The first kappa shape index (κ1) is 13.9. The minimum absolute atomic E-state index is 0.237. The minimum atomic E-state index is 0.237. The molecule has 0 amide bonds. The smallest absolute Gasteiger partial charge is 0.0148 e. The van der Waals surface area contributed by atoms with E-state index in [9.17, 15) is 0 Å². The molecule has 0 heterocycles. The van der Waals surface area contributed by atoms with Gasteiger partial charge in [0.05, 0.1) is 0 Å². The van der Waals surface area contributed by atoms with E-state index in [4.69, 9.17) is 0 Å². The maximum absolute atomic E-state index is 2.56. The van der Waals surface area contributed by atoms with Gasteiger partial charge in [0.15, 0.2) is 0 Å². The Morgan fingerprint density at radius 3 is 2.12 bits per heavy atom. The lowest BCUT2D eigenvalue weighted by atomic mass is 9.82. The van der Waals surface area contributed by atoms with E-state index in [1.807, 2.05) is 0 Å². The SMILES string of the molecule is CC1CC2CCCCC2C1P(C(C)C)C(C)C. The van der Waals surface area contributed by atoms with Crippen LogP contribution in [-0.2, 0) is 0 Å². The predicted octanol–water partition coefficient (Wildman–Crippen LogP) is 5.50. The van der Waals surface area contributed by atoms with Crippen LogP contribution in [0, 0.1) is 17.8 Å². The highest BCUT2D eigenvalue weighted by Crippen LogP contribution is 2.63. The lowest BCUT2D eigenvalue weighted by molar-refractivity contribution is 0.279. The molecule has 0 bridgehead atoms. The molecule has 2 aliphatic rings. The van der Waals surface area contributed by atoms with Gasteiger partial charge in [-0.05, 0) is 47.6 Å². The van der Waals surface area contributed by atoms with Gasteiger partial charge in [0.25, 0.3) is 0 Å². The van der Waals surface area contributed by atoms with Crippen LogP contribution in [0.3, 0.4) is 0 Å². The molecule has 0 aromatic carbocycles. The Labute approximate surface area is 110 Å². The summed E-state index contributed by atoms with van der Waals surface area (Å²) in [6, 6.07) is 0. The van der Waals surface area contributed by atoms with Crippen molar-refractivity contribution < 1.29 is 0 Å². The lowest BCUT2D eigenvalue weighted by Gasteiger charge is -2.40. The highest BCUT2D eigenvalue weighted by Gasteiger charge is 2.46. The van der Waals surface area contributed by atoms with Gasteiger partial charge in [-0.25, -0.2) is 0 Å². The topological polar surface area (TPSA) is 0 Å². The van der Waals surface area contributed by atoms with Crippen molar-refractivity contribution in [1.82, 2.24) is 0 Å². The molecule has 0 aromatic rings. The third kappa shape index (κ3) is 2.73. The van der Waals surface area contributed by atoms with Crippen LogP contribution < -0.4 is 0 Å². The third-order valence-corrected chi connectivity index (χ3v) is 9.17. The monoisotopic (exact) mass is 254 g/mol. The minimum Gasteiger partial charge on any atom is -0.0977 e. The highest BCUT2D eigenvalue weighted by molar-refractivity contribution is 7.59. The second kappa shape index (κ2) is 5.60. The zero-order valence-corrected chi connectivity index (χ0v) is 13.3. The highest BCUT2D eigenvalue weighted by atomic mass is 31.1. The van der Waals surface area contributed by atoms with Crippen molar-refractivity contribution in [3.05, 3.63) is 0 Å². The molecular weight excluding hydrogens is 223 g/mol. The molecular formula is C16H31P. The van der Waals surface area contributed by atoms with Gasteiger partial charge in [0.1, 0.15) is 0 Å². The fraction of sp³-hybridized carbons (Fsp3) is 1.00. The molecule has 100 valence electrons. The number of hydrogen-bond acceptors (Lipinski definition) is 0. The quantitative estimate of drug-likeness (QED) is 0.583. The second-order valence-electron chi connectivity index (χ2n) is 7.05. The van der Waals surface area contributed by atoms with Crippen LogP contribution in [-0.4, -0.2) is 17.0 Å². The zero-order valence-electron chi connectivity index (χ0n) is 12.4. The zero-order chi connectivity index (χ0) is 12.6. The largest absolute Gasteiger partial charge is 0.0977 e. The first-order chi connectivity index (χ1) is 8.02. The Balaban J connectivity index is 2.16. The van der Waals surface area contributed by atoms with Gasteiger partial charge >= 0.3 is 0 Å². The maximum Gasteiger partial charge on any atom is -0.0148 e. The second-order valence-corrected chi connectivity index (χ2v) is 10.6. The summed E-state index contributed by atoms with van der Waals surface area (Å²) < 4.78 is 0. The molecule has 0 aromatic heterocycles. The molecule has 0 saturated heterocycles. The maximum atomic E-state index is 2.56. The summed E-state index contributed by atoms with van der Waals surface area (Å²) in [6.45, 7) is 12.5. The van der Waals surface area contributed by atoms with E-state index in [2.05, 4.69) is 34.6 Å². The van der Waals surface area contributed by atoms with Crippen LogP contribution in [0.15, 0.2) is 0 Å².